The van der Waals surface area contributed by atoms with Crippen molar-refractivity contribution >= 4 is 5.78 Å². The maximum atomic E-state index is 12.9. The van der Waals surface area contributed by atoms with Crippen LogP contribution in [0.2, 0.25) is 0 Å². The Hall–Kier alpha value is -0.700. The number of hydrogen-bond acceptors (Lipinski definition) is 2. The molecule has 0 N–H and O–H groups in total. The minimum absolute atomic E-state index is 0.0425. The Bertz CT molecular complexity index is 250. The van der Waals surface area contributed by atoms with E-state index in [2.05, 4.69) is 4.90 Å². The molecule has 0 amide bonds. The van der Waals surface area contributed by atoms with Gasteiger partial charge in [-0.05, 0) is 19.4 Å². The molecule has 0 aromatic rings. The topological polar surface area (TPSA) is 20.3 Å². The second-order valence-electron chi connectivity index (χ2n) is 4.54. The van der Waals surface area contributed by atoms with Crippen LogP contribution in [0.15, 0.2) is 12.2 Å². The van der Waals surface area contributed by atoms with E-state index in [1.165, 1.54) is 0 Å². The summed E-state index contributed by atoms with van der Waals surface area (Å²) in [6.07, 6.45) is 3.43. The molecule has 0 saturated carbocycles. The lowest BCUT2D eigenvalue weighted by molar-refractivity contribution is -0.117. The van der Waals surface area contributed by atoms with Crippen LogP contribution in [-0.2, 0) is 4.79 Å². The van der Waals surface area contributed by atoms with Gasteiger partial charge >= 0.3 is 0 Å². The predicted octanol–water partition coefficient (Wildman–Crippen LogP) is 2.20. The first kappa shape index (κ1) is 12.4. The van der Waals surface area contributed by atoms with Crippen LogP contribution in [0.3, 0.4) is 0 Å². The third kappa shape index (κ3) is 3.74. The summed E-state index contributed by atoms with van der Waals surface area (Å²) < 4.78 is 12.9. The second kappa shape index (κ2) is 5.40. The number of carbonyl (C=O) groups is 1. The van der Waals surface area contributed by atoms with Crippen molar-refractivity contribution in [1.29, 1.82) is 0 Å². The highest BCUT2D eigenvalue weighted by atomic mass is 19.1. The lowest BCUT2D eigenvalue weighted by atomic mass is 10.1. The van der Waals surface area contributed by atoms with Crippen molar-refractivity contribution in [3.8, 4) is 0 Å². The number of nitrogens with zero attached hydrogens (tertiary/aromatic N) is 1. The van der Waals surface area contributed by atoms with Crippen molar-refractivity contribution in [1.82, 2.24) is 4.90 Å². The number of halogens is 1. The van der Waals surface area contributed by atoms with Crippen LogP contribution in [0.5, 0.6) is 0 Å². The first-order valence-corrected chi connectivity index (χ1v) is 5.61. The molecule has 2 atom stereocenters. The van der Waals surface area contributed by atoms with Crippen LogP contribution < -0.4 is 0 Å². The fourth-order valence-corrected chi connectivity index (χ4v) is 1.66. The number of alkyl halides is 1. The van der Waals surface area contributed by atoms with E-state index in [1.807, 2.05) is 26.8 Å². The van der Waals surface area contributed by atoms with Crippen LogP contribution in [0.4, 0.5) is 4.39 Å². The van der Waals surface area contributed by atoms with Crippen molar-refractivity contribution in [2.75, 3.05) is 13.1 Å². The van der Waals surface area contributed by atoms with E-state index in [9.17, 15) is 9.18 Å². The highest BCUT2D eigenvalue weighted by Crippen LogP contribution is 2.15. The van der Waals surface area contributed by atoms with Gasteiger partial charge < -0.3 is 0 Å². The Kier molecular flexibility index (Phi) is 4.45. The molecule has 0 radical (unpaired) electrons. The predicted molar refractivity (Wildman–Crippen MR) is 59.5 cm³/mol. The average molecular weight is 213 g/mol. The van der Waals surface area contributed by atoms with E-state index in [-0.39, 0.29) is 17.7 Å². The smallest absolute Gasteiger partial charge is 0.157 e. The Morgan fingerprint density at radius 1 is 1.47 bits per heavy atom. The molecule has 1 aliphatic rings. The summed E-state index contributed by atoms with van der Waals surface area (Å²) in [6.45, 7) is 7.06. The summed E-state index contributed by atoms with van der Waals surface area (Å²) >= 11 is 0. The minimum Gasteiger partial charge on any atom is -0.295 e. The molecule has 1 heterocycles. The van der Waals surface area contributed by atoms with E-state index in [4.69, 9.17) is 0 Å². The molecular weight excluding hydrogens is 193 g/mol. The van der Waals surface area contributed by atoms with Crippen LogP contribution in [0.25, 0.3) is 0 Å². The van der Waals surface area contributed by atoms with Crippen LogP contribution >= 0.6 is 0 Å². The Morgan fingerprint density at radius 2 is 2.13 bits per heavy atom. The van der Waals surface area contributed by atoms with Crippen molar-refractivity contribution in [3.05, 3.63) is 12.2 Å². The third-order valence-electron chi connectivity index (χ3n) is 2.85. The van der Waals surface area contributed by atoms with Gasteiger partial charge in [0.25, 0.3) is 0 Å². The van der Waals surface area contributed by atoms with E-state index in [0.29, 0.717) is 13.0 Å². The summed E-state index contributed by atoms with van der Waals surface area (Å²) in [7, 11) is 0. The molecular formula is C12H20FNO. The van der Waals surface area contributed by atoms with E-state index < -0.39 is 6.17 Å². The van der Waals surface area contributed by atoms with Gasteiger partial charge in [0.05, 0.1) is 0 Å². The van der Waals surface area contributed by atoms with Gasteiger partial charge in [-0.15, -0.1) is 0 Å². The third-order valence-corrected chi connectivity index (χ3v) is 2.85. The van der Waals surface area contributed by atoms with Gasteiger partial charge in [-0.25, -0.2) is 4.39 Å². The monoisotopic (exact) mass is 213 g/mol. The number of carbonyl (C=O) groups excluding carboxylic acids is 1. The summed E-state index contributed by atoms with van der Waals surface area (Å²) in [5, 5.41) is 0. The van der Waals surface area contributed by atoms with E-state index in [0.717, 1.165) is 6.54 Å². The molecule has 1 rings (SSSR count). The van der Waals surface area contributed by atoms with Crippen molar-refractivity contribution < 1.29 is 9.18 Å². The molecule has 3 heteroatoms. The van der Waals surface area contributed by atoms with Crippen molar-refractivity contribution in [2.45, 2.75) is 39.4 Å². The first-order valence-electron chi connectivity index (χ1n) is 5.61. The van der Waals surface area contributed by atoms with Crippen molar-refractivity contribution in [2.24, 2.45) is 5.92 Å². The fraction of sp³-hybridized carbons (Fsp3) is 0.750. The lowest BCUT2D eigenvalue weighted by Crippen LogP contribution is -2.29. The quantitative estimate of drug-likeness (QED) is 0.667. The molecule has 86 valence electrons. The highest BCUT2D eigenvalue weighted by Gasteiger charge is 2.24. The molecule has 0 spiro atoms. The SMILES string of the molecule is CC(C)C(=O)/C=C/C(C)N1CC[C@@H](F)C1. The average Bonchev–Trinajstić information content (AvgIpc) is 2.60. The number of likely N-dealkylation sites (tertiary alicyclic amines) is 1. The van der Waals surface area contributed by atoms with Gasteiger partial charge in [-0.1, -0.05) is 19.9 Å². The maximum Gasteiger partial charge on any atom is 0.157 e. The molecule has 2 nitrogen and oxygen atoms in total. The molecule has 0 aliphatic carbocycles. The van der Waals surface area contributed by atoms with Gasteiger partial charge in [-0.3, -0.25) is 9.69 Å². The second-order valence-corrected chi connectivity index (χ2v) is 4.54. The lowest BCUT2D eigenvalue weighted by Gasteiger charge is -2.20. The molecule has 0 aromatic carbocycles. The van der Waals surface area contributed by atoms with Crippen LogP contribution in [0, 0.1) is 5.92 Å². The molecule has 1 saturated heterocycles. The molecule has 0 aromatic heterocycles. The van der Waals surface area contributed by atoms with Gasteiger partial charge in [-0.2, -0.15) is 0 Å². The zero-order valence-electron chi connectivity index (χ0n) is 9.74. The van der Waals surface area contributed by atoms with Crippen molar-refractivity contribution in [3.63, 3.8) is 0 Å². The molecule has 1 fully saturated rings. The number of ketones is 1. The maximum absolute atomic E-state index is 12.9. The summed E-state index contributed by atoms with van der Waals surface area (Å²) in [5.74, 6) is 0.179. The first-order chi connectivity index (χ1) is 7.00. The Balaban J connectivity index is 2.41. The van der Waals surface area contributed by atoms with Gasteiger partial charge in [0.1, 0.15) is 6.17 Å². The highest BCUT2D eigenvalue weighted by molar-refractivity contribution is 5.91. The van der Waals surface area contributed by atoms with Gasteiger partial charge in [0.2, 0.25) is 0 Å². The molecule has 15 heavy (non-hydrogen) atoms. The standard InChI is InChI=1S/C12H20FNO/c1-9(2)12(15)5-4-10(3)14-7-6-11(13)8-14/h4-5,9-11H,6-8H2,1-3H3/b5-4+/t10?,11-/m1/s1. The largest absolute Gasteiger partial charge is 0.295 e. The molecule has 1 unspecified atom stereocenters. The number of hydrogen-bond donors (Lipinski definition) is 0. The van der Waals surface area contributed by atoms with Crippen LogP contribution in [-0.4, -0.2) is 36.0 Å². The van der Waals surface area contributed by atoms with Crippen LogP contribution in [0.1, 0.15) is 27.2 Å². The zero-order valence-corrected chi connectivity index (χ0v) is 9.74. The Labute approximate surface area is 91.1 Å². The summed E-state index contributed by atoms with van der Waals surface area (Å²) in [6, 6.07) is 0.161. The number of allylic oxidation sites excluding steroid dienone is 1. The normalized spacial score (nSPS) is 25.3. The van der Waals surface area contributed by atoms with E-state index >= 15 is 0 Å². The summed E-state index contributed by atoms with van der Waals surface area (Å²) in [5.41, 5.74) is 0. The number of rotatable bonds is 4. The van der Waals surface area contributed by atoms with Gasteiger partial charge in [0.15, 0.2) is 5.78 Å². The fourth-order valence-electron chi connectivity index (χ4n) is 1.66. The van der Waals surface area contributed by atoms with Gasteiger partial charge in [0, 0.05) is 25.0 Å². The zero-order chi connectivity index (χ0) is 11.4. The molecule has 1 aliphatic heterocycles. The van der Waals surface area contributed by atoms with E-state index in [1.54, 1.807) is 6.08 Å². The summed E-state index contributed by atoms with van der Waals surface area (Å²) in [4.78, 5) is 13.4. The Morgan fingerprint density at radius 3 is 2.60 bits per heavy atom. The molecule has 0 bridgehead atoms. The minimum atomic E-state index is -0.693.